The van der Waals surface area contributed by atoms with Gasteiger partial charge in [0.2, 0.25) is 0 Å². The summed E-state index contributed by atoms with van der Waals surface area (Å²) in [4.78, 5) is 55.8. The smallest absolute Gasteiger partial charge is 0.283 e. The Kier molecular flexibility index (Phi) is 9.91. The molecule has 0 spiro atoms. The van der Waals surface area contributed by atoms with Crippen molar-refractivity contribution >= 4 is 40.8 Å². The lowest BCUT2D eigenvalue weighted by atomic mass is 9.93. The summed E-state index contributed by atoms with van der Waals surface area (Å²) in [5, 5.41) is 12.5. The predicted molar refractivity (Wildman–Crippen MR) is 180 cm³/mol. The van der Waals surface area contributed by atoms with E-state index in [2.05, 4.69) is 9.97 Å². The molecule has 0 saturated heterocycles. The third kappa shape index (κ3) is 6.69. The molecule has 2 aromatic heterocycles. The Hall–Kier alpha value is -4.82. The van der Waals surface area contributed by atoms with Crippen LogP contribution in [-0.2, 0) is 4.79 Å². The van der Waals surface area contributed by atoms with Gasteiger partial charge in [-0.05, 0) is 88.4 Å². The molecule has 1 amide bonds. The molecule has 0 N–H and O–H groups in total. The van der Waals surface area contributed by atoms with E-state index in [4.69, 9.17) is 14.5 Å². The highest BCUT2D eigenvalue weighted by molar-refractivity contribution is 7.99. The molecule has 12 nitrogen and oxygen atoms in total. The first-order valence-corrected chi connectivity index (χ1v) is 16.4. The Morgan fingerprint density at radius 1 is 1.06 bits per heavy atom. The molecule has 2 aromatic carbocycles. The summed E-state index contributed by atoms with van der Waals surface area (Å²) >= 11 is 2.25. The zero-order valence-electron chi connectivity index (χ0n) is 27.1. The van der Waals surface area contributed by atoms with Gasteiger partial charge in [0.05, 0.1) is 39.8 Å². The minimum absolute atomic E-state index is 0.138. The van der Waals surface area contributed by atoms with Crippen LogP contribution in [0.25, 0.3) is 6.08 Å². The number of aromatic nitrogens is 3. The lowest BCUT2D eigenvalue weighted by Crippen LogP contribution is -2.43. The molecule has 244 valence electrons. The van der Waals surface area contributed by atoms with Crippen molar-refractivity contribution in [1.29, 1.82) is 0 Å². The molecule has 0 aliphatic carbocycles. The highest BCUT2D eigenvalue weighted by Crippen LogP contribution is 2.38. The zero-order chi connectivity index (χ0) is 34.0. The third-order valence-corrected chi connectivity index (χ3v) is 9.59. The lowest BCUT2D eigenvalue weighted by molar-refractivity contribution is -0.387. The largest absolute Gasteiger partial charge is 0.497 e. The second kappa shape index (κ2) is 13.9. The van der Waals surface area contributed by atoms with Gasteiger partial charge in [0.15, 0.2) is 9.96 Å². The predicted octanol–water partition coefficient (Wildman–Crippen LogP) is 4.59. The third-order valence-electron chi connectivity index (χ3n) is 7.67. The number of methoxy groups -OCH3 is 2. The summed E-state index contributed by atoms with van der Waals surface area (Å²) in [6.07, 6.45) is 1.60. The standard InChI is InChI=1S/C33H34N6O6S2/c1-8-37(9-2)31(41)28-20(5)36-33-38(29(28)23-17-22(44-6)11-12-25(23)45-7)30(40)27(47-33)16-21-10-13-26(24(15-21)39(42)43)46-32-34-18(3)14-19(4)35-32/h10-17,29H,8-9H2,1-7H3/b27-16-/t29-/m0/s1. The molecule has 0 bridgehead atoms. The Balaban J connectivity index is 1.68. The maximum atomic E-state index is 14.2. The van der Waals surface area contributed by atoms with Crippen LogP contribution in [0.4, 0.5) is 5.69 Å². The second-order valence-corrected chi connectivity index (χ2v) is 12.7. The number of amides is 1. The molecule has 3 heterocycles. The summed E-state index contributed by atoms with van der Waals surface area (Å²) in [6, 6.07) is 11.0. The van der Waals surface area contributed by atoms with Gasteiger partial charge in [0, 0.05) is 36.1 Å². The van der Waals surface area contributed by atoms with Crippen molar-refractivity contribution in [2.45, 2.75) is 50.7 Å². The quantitative estimate of drug-likeness (QED) is 0.134. The van der Waals surface area contributed by atoms with Crippen LogP contribution in [0.15, 0.2) is 73.6 Å². The Morgan fingerprint density at radius 2 is 1.77 bits per heavy atom. The van der Waals surface area contributed by atoms with E-state index < -0.39 is 16.5 Å². The molecule has 1 aliphatic heterocycles. The zero-order valence-corrected chi connectivity index (χ0v) is 28.7. The van der Waals surface area contributed by atoms with E-state index in [9.17, 15) is 19.7 Å². The summed E-state index contributed by atoms with van der Waals surface area (Å²) in [6.45, 7) is 10.2. The first kappa shape index (κ1) is 33.5. The van der Waals surface area contributed by atoms with E-state index in [0.29, 0.717) is 66.4 Å². The van der Waals surface area contributed by atoms with Crippen LogP contribution < -0.4 is 24.4 Å². The summed E-state index contributed by atoms with van der Waals surface area (Å²) < 4.78 is 13.0. The van der Waals surface area contributed by atoms with Crippen LogP contribution >= 0.6 is 23.1 Å². The molecule has 14 heteroatoms. The van der Waals surface area contributed by atoms with Crippen LogP contribution in [-0.4, -0.2) is 57.6 Å². The highest BCUT2D eigenvalue weighted by atomic mass is 32.2. The molecule has 5 rings (SSSR count). The topological polar surface area (TPSA) is 142 Å². The molecular formula is C33H34N6O6S2. The van der Waals surface area contributed by atoms with Gasteiger partial charge in [-0.15, -0.1) is 0 Å². The highest BCUT2D eigenvalue weighted by Gasteiger charge is 2.36. The number of nitro benzene ring substituents is 1. The van der Waals surface area contributed by atoms with Crippen molar-refractivity contribution in [2.24, 2.45) is 4.99 Å². The van der Waals surface area contributed by atoms with Crippen LogP contribution in [0.5, 0.6) is 11.5 Å². The SMILES string of the molecule is CCN(CC)C(=O)C1=C(C)N=c2s/c(=C\c3ccc(Sc4nc(C)cc(C)n4)c([N+](=O)[O-])c3)c(=O)n2[C@H]1c1cc(OC)ccc1OC. The average Bonchev–Trinajstić information content (AvgIpc) is 3.34. The van der Waals surface area contributed by atoms with Crippen molar-refractivity contribution in [3.8, 4) is 11.5 Å². The van der Waals surface area contributed by atoms with Gasteiger partial charge in [-0.25, -0.2) is 15.0 Å². The van der Waals surface area contributed by atoms with Crippen LogP contribution in [0.1, 0.15) is 49.3 Å². The summed E-state index contributed by atoms with van der Waals surface area (Å²) in [7, 11) is 3.07. The number of rotatable bonds is 10. The maximum absolute atomic E-state index is 14.2. The van der Waals surface area contributed by atoms with Gasteiger partial charge in [0.1, 0.15) is 17.5 Å². The minimum Gasteiger partial charge on any atom is -0.497 e. The number of nitrogens with zero attached hydrogens (tertiary/aromatic N) is 6. The summed E-state index contributed by atoms with van der Waals surface area (Å²) in [5.41, 5.74) is 2.84. The molecule has 0 fully saturated rings. The van der Waals surface area contributed by atoms with Gasteiger partial charge < -0.3 is 14.4 Å². The number of fused-ring (bicyclic) bond motifs is 1. The molecule has 0 radical (unpaired) electrons. The number of aryl methyl sites for hydroxylation is 2. The minimum atomic E-state index is -0.863. The van der Waals surface area contributed by atoms with Crippen molar-refractivity contribution in [3.05, 3.63) is 106 Å². The van der Waals surface area contributed by atoms with Gasteiger partial charge in [0.25, 0.3) is 17.2 Å². The van der Waals surface area contributed by atoms with Crippen LogP contribution in [0, 0.1) is 24.0 Å². The van der Waals surface area contributed by atoms with Crippen molar-refractivity contribution < 1.29 is 19.2 Å². The monoisotopic (exact) mass is 674 g/mol. The van der Waals surface area contributed by atoms with Crippen molar-refractivity contribution in [2.75, 3.05) is 27.3 Å². The normalized spacial score (nSPS) is 14.4. The van der Waals surface area contributed by atoms with Crippen molar-refractivity contribution in [1.82, 2.24) is 19.4 Å². The second-order valence-electron chi connectivity index (χ2n) is 10.7. The van der Waals surface area contributed by atoms with Crippen molar-refractivity contribution in [3.63, 3.8) is 0 Å². The fourth-order valence-corrected chi connectivity index (χ4v) is 7.46. The molecule has 0 saturated carbocycles. The number of carbonyl (C=O) groups excluding carboxylic acids is 1. The number of ether oxygens (including phenoxy) is 2. The van der Waals surface area contributed by atoms with Gasteiger partial charge >= 0.3 is 0 Å². The number of hydrogen-bond donors (Lipinski definition) is 0. The van der Waals surface area contributed by atoms with Gasteiger partial charge in [-0.2, -0.15) is 0 Å². The average molecular weight is 675 g/mol. The molecule has 4 aromatic rings. The van der Waals surface area contributed by atoms with Crippen LogP contribution in [0.3, 0.4) is 0 Å². The molecule has 1 aliphatic rings. The Labute approximate surface area is 279 Å². The first-order valence-electron chi connectivity index (χ1n) is 14.8. The van der Waals surface area contributed by atoms with E-state index in [0.717, 1.165) is 34.5 Å². The fourth-order valence-electron chi connectivity index (χ4n) is 5.47. The number of benzene rings is 2. The van der Waals surface area contributed by atoms with E-state index in [1.165, 1.54) is 24.9 Å². The molecule has 0 unspecified atom stereocenters. The first-order chi connectivity index (χ1) is 22.5. The lowest BCUT2D eigenvalue weighted by Gasteiger charge is -2.30. The van der Waals surface area contributed by atoms with E-state index in [1.54, 1.807) is 48.2 Å². The molecular weight excluding hydrogens is 641 g/mol. The number of allylic oxidation sites excluding steroid dienone is 1. The molecule has 47 heavy (non-hydrogen) atoms. The number of hydrogen-bond acceptors (Lipinski definition) is 11. The van der Waals surface area contributed by atoms with Crippen LogP contribution in [0.2, 0.25) is 0 Å². The molecule has 1 atom stereocenters. The number of thiazole rings is 1. The van der Waals surface area contributed by atoms with Gasteiger partial charge in [-0.3, -0.25) is 24.3 Å². The van der Waals surface area contributed by atoms with E-state index in [-0.39, 0.29) is 11.6 Å². The summed E-state index contributed by atoms with van der Waals surface area (Å²) in [5.74, 6) is 0.766. The Bertz CT molecular complexity index is 2080. The maximum Gasteiger partial charge on any atom is 0.283 e. The number of nitro groups is 1. The van der Waals surface area contributed by atoms with E-state index >= 15 is 0 Å². The number of likely N-dealkylation sites (N-methyl/N-ethyl adjacent to an activating group) is 1. The Morgan fingerprint density at radius 3 is 2.38 bits per heavy atom. The van der Waals surface area contributed by atoms with E-state index in [1.807, 2.05) is 33.8 Å². The number of carbonyl (C=O) groups is 1. The van der Waals surface area contributed by atoms with Gasteiger partial charge in [-0.1, -0.05) is 17.4 Å². The fraction of sp³-hybridized carbons (Fsp3) is 0.303.